The molecule has 0 saturated heterocycles. The second kappa shape index (κ2) is 3.51. The lowest BCUT2D eigenvalue weighted by atomic mass is 9.96. The van der Waals surface area contributed by atoms with Crippen molar-refractivity contribution in [2.75, 3.05) is 0 Å². The zero-order valence-corrected chi connectivity index (χ0v) is 9.00. The van der Waals surface area contributed by atoms with Gasteiger partial charge in [0.2, 0.25) is 0 Å². The molecule has 1 aromatic heterocycles. The molecule has 3 N–H and O–H groups in total. The molecular formula is C10H14N2O3. The van der Waals surface area contributed by atoms with Gasteiger partial charge in [-0.3, -0.25) is 4.79 Å². The van der Waals surface area contributed by atoms with Crippen molar-refractivity contribution in [1.29, 1.82) is 0 Å². The summed E-state index contributed by atoms with van der Waals surface area (Å²) in [4.78, 5) is 11.0. The first kappa shape index (κ1) is 11.5. The fraction of sp³-hybridized carbons (Fsp3) is 0.400. The van der Waals surface area contributed by atoms with Crippen LogP contribution < -0.4 is 5.73 Å². The van der Waals surface area contributed by atoms with E-state index in [4.69, 9.17) is 10.3 Å². The summed E-state index contributed by atoms with van der Waals surface area (Å²) >= 11 is 0. The quantitative estimate of drug-likeness (QED) is 0.779. The molecule has 1 heterocycles. The van der Waals surface area contributed by atoms with E-state index in [1.807, 2.05) is 0 Å². The minimum absolute atomic E-state index is 0.000347. The highest BCUT2D eigenvalue weighted by Crippen LogP contribution is 2.30. The third-order valence-electron chi connectivity index (χ3n) is 1.91. The molecule has 5 nitrogen and oxygen atoms in total. The normalized spacial score (nSPS) is 11.5. The van der Waals surface area contributed by atoms with Crippen LogP contribution in [0.25, 0.3) is 5.57 Å². The summed E-state index contributed by atoms with van der Waals surface area (Å²) in [5, 5.41) is 13.3. The Morgan fingerprint density at radius 2 is 2.13 bits per heavy atom. The molecule has 0 aliphatic heterocycles. The van der Waals surface area contributed by atoms with Gasteiger partial charge in [-0.1, -0.05) is 11.7 Å². The molecule has 1 amide bonds. The Balaban J connectivity index is 3.44. The topological polar surface area (TPSA) is 89.4 Å². The maximum Gasteiger partial charge on any atom is 0.271 e. The number of rotatable bonds is 3. The van der Waals surface area contributed by atoms with Crippen LogP contribution in [0.3, 0.4) is 0 Å². The van der Waals surface area contributed by atoms with Gasteiger partial charge in [0.25, 0.3) is 5.91 Å². The molecule has 0 unspecified atom stereocenters. The molecule has 15 heavy (non-hydrogen) atoms. The highest BCUT2D eigenvalue weighted by molar-refractivity contribution is 5.96. The molecular weight excluding hydrogens is 196 g/mol. The number of aromatic nitrogens is 1. The van der Waals surface area contributed by atoms with Crippen LogP contribution in [0.15, 0.2) is 11.1 Å². The standard InChI is InChI=1S/C10H14N2O3/c1-5(2)6-7(9(11)13)12-15-8(6)10(3,4)14/h14H,1H2,2-4H3,(H2,11,13). The van der Waals surface area contributed by atoms with Crippen LogP contribution in [0.5, 0.6) is 0 Å². The number of primary amides is 1. The average molecular weight is 210 g/mol. The highest BCUT2D eigenvalue weighted by Gasteiger charge is 2.30. The summed E-state index contributed by atoms with van der Waals surface area (Å²) < 4.78 is 4.92. The molecule has 0 atom stereocenters. The van der Waals surface area contributed by atoms with Crippen molar-refractivity contribution in [3.63, 3.8) is 0 Å². The summed E-state index contributed by atoms with van der Waals surface area (Å²) in [6, 6.07) is 0. The Morgan fingerprint density at radius 3 is 2.47 bits per heavy atom. The molecule has 0 bridgehead atoms. The molecule has 5 heteroatoms. The van der Waals surface area contributed by atoms with E-state index in [0.717, 1.165) is 0 Å². The lowest BCUT2D eigenvalue weighted by Gasteiger charge is -2.14. The third kappa shape index (κ3) is 2.07. The Labute approximate surface area is 87.6 Å². The molecule has 0 aliphatic carbocycles. The van der Waals surface area contributed by atoms with Gasteiger partial charge in [-0.2, -0.15) is 0 Å². The van der Waals surface area contributed by atoms with Crippen LogP contribution in [-0.4, -0.2) is 16.2 Å². The third-order valence-corrected chi connectivity index (χ3v) is 1.91. The Kier molecular flexibility index (Phi) is 2.68. The van der Waals surface area contributed by atoms with Crippen LogP contribution in [-0.2, 0) is 5.60 Å². The Bertz CT molecular complexity index is 413. The van der Waals surface area contributed by atoms with E-state index >= 15 is 0 Å². The second-order valence-electron chi connectivity index (χ2n) is 3.94. The van der Waals surface area contributed by atoms with Crippen LogP contribution in [0.4, 0.5) is 0 Å². The lowest BCUT2D eigenvalue weighted by Crippen LogP contribution is -2.18. The number of amides is 1. The number of carbonyl (C=O) groups is 1. The molecule has 82 valence electrons. The summed E-state index contributed by atoms with van der Waals surface area (Å²) in [6.07, 6.45) is 0. The molecule has 0 aliphatic rings. The van der Waals surface area contributed by atoms with Crippen molar-refractivity contribution >= 4 is 11.5 Å². The molecule has 0 spiro atoms. The fourth-order valence-corrected chi connectivity index (χ4v) is 1.27. The predicted molar refractivity (Wildman–Crippen MR) is 55.0 cm³/mol. The first-order valence-electron chi connectivity index (χ1n) is 4.43. The van der Waals surface area contributed by atoms with Crippen molar-refractivity contribution in [3.8, 4) is 0 Å². The minimum atomic E-state index is -1.23. The maximum absolute atomic E-state index is 11.0. The highest BCUT2D eigenvalue weighted by atomic mass is 16.5. The number of allylic oxidation sites excluding steroid dienone is 1. The number of hydrogen-bond donors (Lipinski definition) is 2. The Morgan fingerprint density at radius 1 is 1.60 bits per heavy atom. The van der Waals surface area contributed by atoms with Gasteiger partial charge in [0, 0.05) is 0 Å². The zero-order chi connectivity index (χ0) is 11.8. The van der Waals surface area contributed by atoms with E-state index in [-0.39, 0.29) is 11.5 Å². The largest absolute Gasteiger partial charge is 0.382 e. The van der Waals surface area contributed by atoms with E-state index in [9.17, 15) is 9.90 Å². The summed E-state index contributed by atoms with van der Waals surface area (Å²) in [5.74, 6) is -0.504. The molecule has 1 rings (SSSR count). The maximum atomic E-state index is 11.0. The van der Waals surface area contributed by atoms with Gasteiger partial charge in [-0.25, -0.2) is 0 Å². The SMILES string of the molecule is C=C(C)c1c(C(N)=O)noc1C(C)(C)O. The van der Waals surface area contributed by atoms with Gasteiger partial charge in [-0.05, 0) is 26.3 Å². The number of nitrogens with zero attached hydrogens (tertiary/aromatic N) is 1. The smallest absolute Gasteiger partial charge is 0.271 e. The van der Waals surface area contributed by atoms with E-state index in [2.05, 4.69) is 11.7 Å². The van der Waals surface area contributed by atoms with Crippen molar-refractivity contribution in [2.24, 2.45) is 5.73 Å². The zero-order valence-electron chi connectivity index (χ0n) is 9.00. The van der Waals surface area contributed by atoms with Crippen molar-refractivity contribution in [2.45, 2.75) is 26.4 Å². The molecule has 0 radical (unpaired) electrons. The first-order valence-corrected chi connectivity index (χ1v) is 4.43. The molecule has 1 aromatic rings. The fourth-order valence-electron chi connectivity index (χ4n) is 1.27. The van der Waals surface area contributed by atoms with Crippen molar-refractivity contribution in [1.82, 2.24) is 5.16 Å². The number of nitrogens with two attached hydrogens (primary N) is 1. The van der Waals surface area contributed by atoms with Crippen LogP contribution in [0, 0.1) is 0 Å². The molecule has 0 fully saturated rings. The van der Waals surface area contributed by atoms with Gasteiger partial charge in [-0.15, -0.1) is 0 Å². The summed E-state index contributed by atoms with van der Waals surface area (Å²) in [6.45, 7) is 8.45. The second-order valence-corrected chi connectivity index (χ2v) is 3.94. The van der Waals surface area contributed by atoms with E-state index in [1.54, 1.807) is 6.92 Å². The monoisotopic (exact) mass is 210 g/mol. The van der Waals surface area contributed by atoms with Crippen LogP contribution in [0.1, 0.15) is 42.6 Å². The average Bonchev–Trinajstić information content (AvgIpc) is 2.45. The number of hydrogen-bond acceptors (Lipinski definition) is 4. The first-order chi connectivity index (χ1) is 6.75. The summed E-state index contributed by atoms with van der Waals surface area (Å²) in [7, 11) is 0. The Hall–Kier alpha value is -1.62. The van der Waals surface area contributed by atoms with Gasteiger partial charge in [0.15, 0.2) is 11.5 Å². The van der Waals surface area contributed by atoms with Crippen LogP contribution >= 0.6 is 0 Å². The molecule has 0 aromatic carbocycles. The van der Waals surface area contributed by atoms with Gasteiger partial charge >= 0.3 is 0 Å². The van der Waals surface area contributed by atoms with Crippen LogP contribution in [0.2, 0.25) is 0 Å². The van der Waals surface area contributed by atoms with Gasteiger partial charge < -0.3 is 15.4 Å². The lowest BCUT2D eigenvalue weighted by molar-refractivity contribution is 0.0471. The van der Waals surface area contributed by atoms with E-state index in [0.29, 0.717) is 11.1 Å². The van der Waals surface area contributed by atoms with Crippen molar-refractivity contribution in [3.05, 3.63) is 23.6 Å². The van der Waals surface area contributed by atoms with E-state index < -0.39 is 11.5 Å². The van der Waals surface area contributed by atoms with Crippen molar-refractivity contribution < 1.29 is 14.4 Å². The minimum Gasteiger partial charge on any atom is -0.382 e. The summed E-state index contributed by atoms with van der Waals surface area (Å²) in [5.41, 5.74) is 4.85. The number of carbonyl (C=O) groups excluding carboxylic acids is 1. The van der Waals surface area contributed by atoms with Gasteiger partial charge in [0.1, 0.15) is 5.60 Å². The van der Waals surface area contributed by atoms with Gasteiger partial charge in [0.05, 0.1) is 5.56 Å². The number of aliphatic hydroxyl groups is 1. The predicted octanol–water partition coefficient (Wildman–Crippen LogP) is 1.03. The van der Waals surface area contributed by atoms with E-state index in [1.165, 1.54) is 13.8 Å². The molecule has 0 saturated carbocycles.